The van der Waals surface area contributed by atoms with Gasteiger partial charge in [-0.3, -0.25) is 0 Å². The molecule has 0 saturated carbocycles. The number of nitrogens with two attached hydrogens (primary N) is 1. The van der Waals surface area contributed by atoms with Gasteiger partial charge in [-0.15, -0.1) is 0 Å². The highest BCUT2D eigenvalue weighted by Gasteiger charge is 2.13. The van der Waals surface area contributed by atoms with E-state index in [9.17, 15) is 0 Å². The number of hydrogen-bond acceptors (Lipinski definition) is 3. The van der Waals surface area contributed by atoms with Crippen LogP contribution in [0.5, 0.6) is 11.5 Å². The van der Waals surface area contributed by atoms with E-state index in [2.05, 4.69) is 31.9 Å². The quantitative estimate of drug-likeness (QED) is 0.707. The summed E-state index contributed by atoms with van der Waals surface area (Å²) in [5, 5.41) is 0. The van der Waals surface area contributed by atoms with Gasteiger partial charge >= 0.3 is 0 Å². The summed E-state index contributed by atoms with van der Waals surface area (Å²) in [6.07, 6.45) is 1.85. The molecule has 2 N–H and O–H groups in total. The number of anilines is 1. The number of halogens is 2. The molecule has 0 bridgehead atoms. The Labute approximate surface area is 141 Å². The van der Waals surface area contributed by atoms with Crippen molar-refractivity contribution in [1.29, 1.82) is 0 Å². The fourth-order valence-corrected chi connectivity index (χ4v) is 2.35. The third-order valence-electron chi connectivity index (χ3n) is 2.89. The molecule has 0 saturated heterocycles. The lowest BCUT2D eigenvalue weighted by Gasteiger charge is -2.15. The fourth-order valence-electron chi connectivity index (χ4n) is 1.89. The molecule has 21 heavy (non-hydrogen) atoms. The van der Waals surface area contributed by atoms with Gasteiger partial charge in [-0.1, -0.05) is 30.3 Å². The summed E-state index contributed by atoms with van der Waals surface area (Å²) in [5.74, 6) is 1.27. The molecule has 0 amide bonds. The molecule has 0 aliphatic carbocycles. The van der Waals surface area contributed by atoms with Crippen LogP contribution in [0.4, 0.5) is 5.69 Å². The van der Waals surface area contributed by atoms with Crippen LogP contribution < -0.4 is 15.2 Å². The van der Waals surface area contributed by atoms with E-state index in [0.29, 0.717) is 23.8 Å². The van der Waals surface area contributed by atoms with E-state index in [4.69, 9.17) is 15.2 Å². The van der Waals surface area contributed by atoms with Gasteiger partial charge in [-0.05, 0) is 55.6 Å². The Balaban J connectivity index is 2.35. The lowest BCUT2D eigenvalue weighted by atomic mass is 10.1. The second kappa shape index (κ2) is 7.52. The maximum Gasteiger partial charge on any atom is 0.170 e. The molecule has 2 aromatic carbocycles. The number of ether oxygens (including phenoxy) is 2. The summed E-state index contributed by atoms with van der Waals surface area (Å²) in [6.45, 7) is 0.446. The van der Waals surface area contributed by atoms with Crippen molar-refractivity contribution in [3.63, 3.8) is 0 Å². The molecule has 0 atom stereocenters. The average molecular weight is 413 g/mol. The first-order valence-electron chi connectivity index (χ1n) is 6.27. The Morgan fingerprint density at radius 2 is 1.86 bits per heavy atom. The monoisotopic (exact) mass is 411 g/mol. The van der Waals surface area contributed by atoms with Crippen molar-refractivity contribution in [2.24, 2.45) is 0 Å². The van der Waals surface area contributed by atoms with Gasteiger partial charge in [-0.2, -0.15) is 0 Å². The van der Waals surface area contributed by atoms with Crippen LogP contribution in [0.15, 0.2) is 45.9 Å². The van der Waals surface area contributed by atoms with Crippen molar-refractivity contribution in [3.8, 4) is 11.5 Å². The summed E-state index contributed by atoms with van der Waals surface area (Å²) >= 11 is 6.70. The Morgan fingerprint density at radius 1 is 1.14 bits per heavy atom. The van der Waals surface area contributed by atoms with Crippen molar-refractivity contribution in [2.45, 2.75) is 6.61 Å². The lowest BCUT2D eigenvalue weighted by molar-refractivity contribution is 0.284. The van der Waals surface area contributed by atoms with Gasteiger partial charge in [0.25, 0.3) is 0 Å². The van der Waals surface area contributed by atoms with Gasteiger partial charge in [0.15, 0.2) is 11.5 Å². The average Bonchev–Trinajstić information content (AvgIpc) is 2.48. The summed E-state index contributed by atoms with van der Waals surface area (Å²) in [7, 11) is 1.61. The highest BCUT2D eigenvalue weighted by atomic mass is 79.9. The zero-order chi connectivity index (χ0) is 15.2. The lowest BCUT2D eigenvalue weighted by Crippen LogP contribution is -2.01. The zero-order valence-electron chi connectivity index (χ0n) is 11.5. The SMILES string of the molecule is COc1ccc(N)c(C=C(Br)Br)c1OCc1ccccc1. The molecule has 0 radical (unpaired) electrons. The number of rotatable bonds is 5. The third-order valence-corrected chi connectivity index (χ3v) is 3.35. The molecule has 0 aliphatic rings. The molecule has 5 heteroatoms. The Bertz CT molecular complexity index is 638. The first-order valence-corrected chi connectivity index (χ1v) is 7.86. The second-order valence-corrected chi connectivity index (χ2v) is 7.08. The van der Waals surface area contributed by atoms with Crippen molar-refractivity contribution >= 4 is 43.6 Å². The molecule has 0 aromatic heterocycles. The van der Waals surface area contributed by atoms with Crippen molar-refractivity contribution in [2.75, 3.05) is 12.8 Å². The normalized spacial score (nSPS) is 10.0. The number of nitrogen functional groups attached to an aromatic ring is 1. The predicted molar refractivity (Wildman–Crippen MR) is 94.0 cm³/mol. The minimum absolute atomic E-state index is 0.446. The van der Waals surface area contributed by atoms with Crippen LogP contribution in [0, 0.1) is 0 Å². The van der Waals surface area contributed by atoms with Crippen LogP contribution in [0.1, 0.15) is 11.1 Å². The first-order chi connectivity index (χ1) is 10.1. The molecule has 0 spiro atoms. The summed E-state index contributed by atoms with van der Waals surface area (Å²) in [4.78, 5) is 0. The van der Waals surface area contributed by atoms with Crippen molar-refractivity contribution < 1.29 is 9.47 Å². The fraction of sp³-hybridized carbons (Fsp3) is 0.125. The smallest absolute Gasteiger partial charge is 0.170 e. The minimum atomic E-state index is 0.446. The Morgan fingerprint density at radius 3 is 2.48 bits per heavy atom. The molecule has 3 nitrogen and oxygen atoms in total. The van der Waals surface area contributed by atoms with Crippen molar-refractivity contribution in [1.82, 2.24) is 0 Å². The second-order valence-electron chi connectivity index (χ2n) is 4.31. The van der Waals surface area contributed by atoms with E-state index in [1.807, 2.05) is 36.4 Å². The third kappa shape index (κ3) is 4.25. The zero-order valence-corrected chi connectivity index (χ0v) is 14.6. The molecule has 2 aromatic rings. The molecule has 0 aliphatic heterocycles. The number of methoxy groups -OCH3 is 1. The van der Waals surface area contributed by atoms with Gasteiger partial charge in [0.2, 0.25) is 0 Å². The largest absolute Gasteiger partial charge is 0.493 e. The summed E-state index contributed by atoms with van der Waals surface area (Å²) in [5.41, 5.74) is 8.51. The van der Waals surface area contributed by atoms with Gasteiger partial charge in [0, 0.05) is 11.3 Å². The van der Waals surface area contributed by atoms with Crippen LogP contribution in [0.25, 0.3) is 6.08 Å². The standard InChI is InChI=1S/C16H15Br2NO2/c1-20-14-8-7-13(19)12(9-15(17)18)16(14)21-10-11-5-3-2-4-6-11/h2-9H,10,19H2,1H3. The molecular weight excluding hydrogens is 398 g/mol. The number of hydrogen-bond donors (Lipinski definition) is 1. The van der Waals surface area contributed by atoms with E-state index in [1.54, 1.807) is 19.2 Å². The van der Waals surface area contributed by atoms with E-state index in [1.165, 1.54) is 0 Å². The Hall–Kier alpha value is -1.46. The highest BCUT2D eigenvalue weighted by Crippen LogP contribution is 2.38. The molecule has 0 unspecified atom stereocenters. The van der Waals surface area contributed by atoms with E-state index >= 15 is 0 Å². The number of benzene rings is 2. The molecule has 0 fully saturated rings. The predicted octanol–water partition coefficient (Wildman–Crippen LogP) is 4.94. The molecule has 0 heterocycles. The Kier molecular flexibility index (Phi) is 5.70. The molecule has 110 valence electrons. The van der Waals surface area contributed by atoms with Gasteiger partial charge in [0.05, 0.1) is 10.5 Å². The van der Waals surface area contributed by atoms with E-state index in [-0.39, 0.29) is 0 Å². The highest BCUT2D eigenvalue weighted by molar-refractivity contribution is 9.28. The summed E-state index contributed by atoms with van der Waals surface area (Å²) < 4.78 is 12.1. The van der Waals surface area contributed by atoms with Crippen LogP contribution in [-0.2, 0) is 6.61 Å². The van der Waals surface area contributed by atoms with Crippen molar-refractivity contribution in [3.05, 3.63) is 57.0 Å². The van der Waals surface area contributed by atoms with Gasteiger partial charge in [0.1, 0.15) is 6.61 Å². The topological polar surface area (TPSA) is 44.5 Å². The molecular formula is C16H15Br2NO2. The van der Waals surface area contributed by atoms with Crippen LogP contribution in [-0.4, -0.2) is 7.11 Å². The van der Waals surface area contributed by atoms with Gasteiger partial charge < -0.3 is 15.2 Å². The first kappa shape index (κ1) is 15.9. The minimum Gasteiger partial charge on any atom is -0.493 e. The van der Waals surface area contributed by atoms with E-state index < -0.39 is 0 Å². The maximum atomic E-state index is 6.04. The van der Waals surface area contributed by atoms with Gasteiger partial charge in [-0.25, -0.2) is 0 Å². The van der Waals surface area contributed by atoms with Crippen LogP contribution in [0.3, 0.4) is 0 Å². The summed E-state index contributed by atoms with van der Waals surface area (Å²) in [6, 6.07) is 13.5. The maximum absolute atomic E-state index is 6.04. The molecule has 2 rings (SSSR count). The van der Waals surface area contributed by atoms with E-state index in [0.717, 1.165) is 14.5 Å². The van der Waals surface area contributed by atoms with Crippen LogP contribution in [0.2, 0.25) is 0 Å². The van der Waals surface area contributed by atoms with Crippen LogP contribution >= 0.6 is 31.9 Å².